The van der Waals surface area contributed by atoms with Gasteiger partial charge in [0.25, 0.3) is 11.8 Å². The molecule has 0 bridgehead atoms. The van der Waals surface area contributed by atoms with Crippen LogP contribution < -0.4 is 9.80 Å². The Morgan fingerprint density at radius 2 is 1.50 bits per heavy atom. The number of allylic oxidation sites excluding steroid dienone is 2. The standard InChI is InChI=1S/C35H30BrCl2N5O5/c1-41(2)21-9-5-19(6-10-21)39-40-20-7-11-22(12-8-20)43-30(45)24-14-13-23-26(28(24)31(43)46)17-34(37)32(47)42(3)33(48)35(34,38)29(23)25-16-18(36)4-15-27(25)44/h4-13,15-16,24,26,28-29,44H,14,17H2,1-3H3. The molecular formula is C35H30BrCl2N5O5. The molecule has 6 unspecified atom stereocenters. The molecule has 1 N–H and O–H groups in total. The van der Waals surface area contributed by atoms with Gasteiger partial charge < -0.3 is 10.0 Å². The SMILES string of the molecule is CN1C(=O)C2(Cl)CC3C(=CCC4C(=O)N(c5ccc(N=Nc6ccc(N(C)C)cc6)cc5)C(=O)C43)C(c3cc(Br)ccc3O)C2(Cl)C1=O. The lowest BCUT2D eigenvalue weighted by Gasteiger charge is -2.50. The maximum absolute atomic E-state index is 14.3. The molecule has 246 valence electrons. The van der Waals surface area contributed by atoms with Crippen LogP contribution in [0.25, 0.3) is 0 Å². The quantitative estimate of drug-likeness (QED) is 0.132. The molecule has 3 aromatic carbocycles. The molecule has 2 aliphatic carbocycles. The Labute approximate surface area is 295 Å². The minimum atomic E-state index is -1.97. The zero-order valence-corrected chi connectivity index (χ0v) is 29.2. The van der Waals surface area contributed by atoms with Crippen LogP contribution in [0, 0.1) is 17.8 Å². The van der Waals surface area contributed by atoms with Crippen molar-refractivity contribution in [1.29, 1.82) is 0 Å². The van der Waals surface area contributed by atoms with E-state index in [2.05, 4.69) is 26.2 Å². The number of aromatic hydroxyl groups is 1. The minimum Gasteiger partial charge on any atom is -0.508 e. The van der Waals surface area contributed by atoms with E-state index in [1.165, 1.54) is 18.0 Å². The Bertz CT molecular complexity index is 1950. The zero-order valence-electron chi connectivity index (χ0n) is 26.1. The monoisotopic (exact) mass is 749 g/mol. The highest BCUT2D eigenvalue weighted by atomic mass is 79.9. The Morgan fingerprint density at radius 3 is 2.12 bits per heavy atom. The van der Waals surface area contributed by atoms with Crippen molar-refractivity contribution in [3.63, 3.8) is 0 Å². The molecule has 7 rings (SSSR count). The molecule has 2 saturated heterocycles. The lowest BCUT2D eigenvalue weighted by atomic mass is 9.56. The van der Waals surface area contributed by atoms with Crippen LogP contribution >= 0.6 is 39.1 Å². The van der Waals surface area contributed by atoms with Crippen molar-refractivity contribution in [3.05, 3.63) is 88.4 Å². The number of nitrogens with zero attached hydrogens (tertiary/aromatic N) is 5. The van der Waals surface area contributed by atoms with Crippen LogP contribution in [-0.2, 0) is 19.2 Å². The topological polar surface area (TPSA) is 123 Å². The molecule has 6 atom stereocenters. The lowest BCUT2D eigenvalue weighted by molar-refractivity contribution is -0.138. The molecule has 2 heterocycles. The molecule has 13 heteroatoms. The highest BCUT2D eigenvalue weighted by Crippen LogP contribution is 2.66. The van der Waals surface area contributed by atoms with Gasteiger partial charge in [-0.15, -0.1) is 23.2 Å². The fourth-order valence-corrected chi connectivity index (χ4v) is 9.09. The van der Waals surface area contributed by atoms with Crippen molar-refractivity contribution < 1.29 is 24.3 Å². The van der Waals surface area contributed by atoms with Gasteiger partial charge in [-0.1, -0.05) is 27.6 Å². The third kappa shape index (κ3) is 4.65. The predicted molar refractivity (Wildman–Crippen MR) is 185 cm³/mol. The average molecular weight is 751 g/mol. The number of rotatable bonds is 5. The first kappa shape index (κ1) is 32.5. The Morgan fingerprint density at radius 1 is 0.875 bits per heavy atom. The van der Waals surface area contributed by atoms with Crippen molar-refractivity contribution in [2.24, 2.45) is 28.0 Å². The van der Waals surface area contributed by atoms with Gasteiger partial charge in [-0.05, 0) is 85.5 Å². The Hall–Kier alpha value is -4.06. The molecule has 4 aliphatic rings. The number of halogens is 3. The Kier molecular flexibility index (Phi) is 7.80. The van der Waals surface area contributed by atoms with Crippen LogP contribution in [0.15, 0.2) is 93.1 Å². The van der Waals surface area contributed by atoms with Gasteiger partial charge in [0.1, 0.15) is 5.75 Å². The normalized spacial score (nSPS) is 29.7. The first-order valence-corrected chi connectivity index (χ1v) is 16.9. The number of carbonyl (C=O) groups is 4. The summed E-state index contributed by atoms with van der Waals surface area (Å²) in [5, 5.41) is 19.6. The second-order valence-corrected chi connectivity index (χ2v) is 15.0. The molecule has 0 radical (unpaired) electrons. The minimum absolute atomic E-state index is 0.132. The average Bonchev–Trinajstić information content (AvgIpc) is 3.40. The smallest absolute Gasteiger partial charge is 0.253 e. The summed E-state index contributed by atoms with van der Waals surface area (Å²) in [6, 6.07) is 19.0. The van der Waals surface area contributed by atoms with Crippen LogP contribution in [0.3, 0.4) is 0 Å². The maximum Gasteiger partial charge on any atom is 0.253 e. The van der Waals surface area contributed by atoms with E-state index in [1.54, 1.807) is 36.4 Å². The zero-order chi connectivity index (χ0) is 34.3. The number of phenolic OH excluding ortho intramolecular Hbond substituents is 1. The van der Waals surface area contributed by atoms with E-state index in [0.717, 1.165) is 10.6 Å². The molecule has 3 fully saturated rings. The number of benzene rings is 3. The van der Waals surface area contributed by atoms with Gasteiger partial charge in [0.15, 0.2) is 9.75 Å². The van der Waals surface area contributed by atoms with E-state index in [9.17, 15) is 24.3 Å². The van der Waals surface area contributed by atoms with E-state index < -0.39 is 51.1 Å². The lowest BCUT2D eigenvalue weighted by Crippen LogP contribution is -2.60. The molecule has 0 aromatic heterocycles. The molecule has 0 spiro atoms. The first-order valence-electron chi connectivity index (χ1n) is 15.3. The number of imide groups is 2. The summed E-state index contributed by atoms with van der Waals surface area (Å²) in [6.45, 7) is 0. The van der Waals surface area contributed by atoms with Crippen molar-refractivity contribution in [2.75, 3.05) is 30.9 Å². The second-order valence-electron chi connectivity index (χ2n) is 12.8. The summed E-state index contributed by atoms with van der Waals surface area (Å²) in [5.41, 5.74) is 3.53. The summed E-state index contributed by atoms with van der Waals surface area (Å²) in [5.74, 6) is -5.62. The van der Waals surface area contributed by atoms with Gasteiger partial charge in [0.2, 0.25) is 11.8 Å². The number of carbonyl (C=O) groups excluding carboxylic acids is 4. The number of hydrogen-bond acceptors (Lipinski definition) is 8. The number of likely N-dealkylation sites (tertiary alicyclic amines) is 1. The van der Waals surface area contributed by atoms with Crippen LogP contribution in [0.5, 0.6) is 5.75 Å². The molecule has 2 aliphatic heterocycles. The number of anilines is 2. The van der Waals surface area contributed by atoms with Crippen LogP contribution in [0.2, 0.25) is 0 Å². The van der Waals surface area contributed by atoms with Crippen LogP contribution in [0.4, 0.5) is 22.7 Å². The first-order chi connectivity index (χ1) is 22.8. The van der Waals surface area contributed by atoms with Crippen molar-refractivity contribution in [1.82, 2.24) is 4.90 Å². The van der Waals surface area contributed by atoms with E-state index >= 15 is 0 Å². The van der Waals surface area contributed by atoms with E-state index in [1.807, 2.05) is 49.3 Å². The summed E-state index contributed by atoms with van der Waals surface area (Å²) in [6.07, 6.45) is 1.91. The highest BCUT2D eigenvalue weighted by Gasteiger charge is 2.76. The fourth-order valence-electron chi connectivity index (χ4n) is 7.70. The molecular weight excluding hydrogens is 721 g/mol. The van der Waals surface area contributed by atoms with Crippen molar-refractivity contribution >= 4 is 85.5 Å². The number of azo groups is 1. The number of phenols is 1. The third-order valence-corrected chi connectivity index (χ3v) is 12.0. The van der Waals surface area contributed by atoms with Gasteiger partial charge in [-0.2, -0.15) is 10.2 Å². The molecule has 1 saturated carbocycles. The predicted octanol–water partition coefficient (Wildman–Crippen LogP) is 6.83. The van der Waals surface area contributed by atoms with Crippen molar-refractivity contribution in [2.45, 2.75) is 28.5 Å². The van der Waals surface area contributed by atoms with Crippen molar-refractivity contribution in [3.8, 4) is 5.75 Å². The summed E-state index contributed by atoms with van der Waals surface area (Å²) < 4.78 is 0.612. The van der Waals surface area contributed by atoms with Crippen LogP contribution in [-0.4, -0.2) is 64.5 Å². The van der Waals surface area contributed by atoms with Gasteiger partial charge >= 0.3 is 0 Å². The van der Waals surface area contributed by atoms with E-state index in [-0.39, 0.29) is 24.5 Å². The number of hydrogen-bond donors (Lipinski definition) is 1. The molecule has 10 nitrogen and oxygen atoms in total. The van der Waals surface area contributed by atoms with Gasteiger partial charge in [-0.3, -0.25) is 29.0 Å². The largest absolute Gasteiger partial charge is 0.508 e. The third-order valence-electron chi connectivity index (χ3n) is 10.1. The number of fused-ring (bicyclic) bond motifs is 4. The fraction of sp³-hybridized carbons (Fsp3) is 0.314. The van der Waals surface area contributed by atoms with E-state index in [4.69, 9.17) is 23.2 Å². The summed E-state index contributed by atoms with van der Waals surface area (Å²) in [7, 11) is 5.23. The van der Waals surface area contributed by atoms with E-state index in [0.29, 0.717) is 32.7 Å². The Balaban J connectivity index is 1.22. The summed E-state index contributed by atoms with van der Waals surface area (Å²) >= 11 is 17.8. The molecule has 48 heavy (non-hydrogen) atoms. The second kappa shape index (κ2) is 11.5. The highest BCUT2D eigenvalue weighted by molar-refractivity contribution is 9.10. The van der Waals surface area contributed by atoms with Crippen LogP contribution in [0.1, 0.15) is 24.3 Å². The van der Waals surface area contributed by atoms with Gasteiger partial charge in [0.05, 0.1) is 28.9 Å². The summed E-state index contributed by atoms with van der Waals surface area (Å²) in [4.78, 5) is 55.7. The molecule has 4 amide bonds. The van der Waals surface area contributed by atoms with Gasteiger partial charge in [0, 0.05) is 42.8 Å². The number of amides is 4. The molecule has 3 aromatic rings. The maximum atomic E-state index is 14.3. The van der Waals surface area contributed by atoms with Gasteiger partial charge in [-0.25, -0.2) is 0 Å². The number of alkyl halides is 2.